The smallest absolute Gasteiger partial charge is 0.870 e. The summed E-state index contributed by atoms with van der Waals surface area (Å²) in [5.74, 6) is -1.62. The van der Waals surface area contributed by atoms with Crippen molar-refractivity contribution < 1.29 is 43.8 Å². The van der Waals surface area contributed by atoms with Crippen molar-refractivity contribution in [2.24, 2.45) is 0 Å². The van der Waals surface area contributed by atoms with Gasteiger partial charge in [-0.2, -0.15) is 0 Å². The summed E-state index contributed by atoms with van der Waals surface area (Å²) in [6, 6.07) is 0. The molecule has 0 aliphatic rings. The molecule has 0 aromatic heterocycles. The van der Waals surface area contributed by atoms with Crippen LogP contribution >= 0.6 is 69.6 Å². The second-order valence-corrected chi connectivity index (χ2v) is 8.35. The number of unbranched alkanes of at least 4 members (excludes halogenated alkanes) is 1. The first-order chi connectivity index (χ1) is 9.87. The molecule has 0 atom stereocenters. The summed E-state index contributed by atoms with van der Waals surface area (Å²) in [5, 5.41) is 8.01. The Balaban J connectivity index is -0.000000162. The van der Waals surface area contributed by atoms with E-state index in [9.17, 15) is 9.59 Å². The minimum atomic E-state index is -1.61. The van der Waals surface area contributed by atoms with Crippen LogP contribution in [-0.2, 0) is 14.3 Å². The number of hydrogen-bond donors (Lipinski definition) is 1. The van der Waals surface area contributed by atoms with E-state index in [0.29, 0.717) is 6.61 Å². The number of carboxylic acids is 1. The predicted molar refractivity (Wildman–Crippen MR) is 94.3 cm³/mol. The Kier molecular flexibility index (Phi) is 23.1. The molecule has 0 fully saturated rings. The average Bonchev–Trinajstić information content (AvgIpc) is 2.33. The maximum Gasteiger partial charge on any atom is 1.00 e. The molecule has 0 aromatic carbocycles. The van der Waals surface area contributed by atoms with E-state index in [4.69, 9.17) is 79.4 Å². The summed E-state index contributed by atoms with van der Waals surface area (Å²) in [7, 11) is 0. The number of aliphatic carboxylic acids is 1. The maximum atomic E-state index is 10.9. The molecule has 0 unspecified atom stereocenters. The molecular weight excluding hydrogens is 444 g/mol. The Morgan fingerprint density at radius 1 is 1.00 bits per heavy atom. The first kappa shape index (κ1) is 32.4. The molecule has 136 valence electrons. The van der Waals surface area contributed by atoms with Gasteiger partial charge in [-0.05, 0) is 18.6 Å². The Hall–Kier alpha value is 0.717. The molecule has 0 radical (unpaired) electrons. The van der Waals surface area contributed by atoms with Crippen molar-refractivity contribution in [3.8, 4) is 0 Å². The zero-order valence-electron chi connectivity index (χ0n) is 12.8. The van der Waals surface area contributed by atoms with Crippen LogP contribution in [0.15, 0.2) is 24.3 Å². The van der Waals surface area contributed by atoms with E-state index in [1.165, 1.54) is 0 Å². The van der Waals surface area contributed by atoms with E-state index in [-0.39, 0.29) is 24.3 Å². The molecule has 0 bridgehead atoms. The van der Waals surface area contributed by atoms with Gasteiger partial charge in [0.15, 0.2) is 0 Å². The number of ether oxygens (including phenoxy) is 1. The van der Waals surface area contributed by atoms with Gasteiger partial charge in [0.05, 0.1) is 6.61 Å². The summed E-state index contributed by atoms with van der Waals surface area (Å²) in [6.45, 7) is 2.41. The van der Waals surface area contributed by atoms with Crippen LogP contribution in [0.2, 0.25) is 0 Å². The molecule has 0 saturated heterocycles. The number of alkyl halides is 6. The zero-order valence-corrected chi connectivity index (χ0v) is 17.4. The summed E-state index contributed by atoms with van der Waals surface area (Å²) in [6.07, 6.45) is 5.82. The molecule has 0 spiro atoms. The Labute approximate surface area is 182 Å². The van der Waals surface area contributed by atoms with Gasteiger partial charge in [-0.15, -0.1) is 0 Å². The van der Waals surface area contributed by atoms with Crippen molar-refractivity contribution in [3.05, 3.63) is 24.3 Å². The fourth-order valence-corrected chi connectivity index (χ4v) is 1.07. The van der Waals surface area contributed by atoms with Crippen LogP contribution < -0.4 is 18.9 Å². The van der Waals surface area contributed by atoms with Gasteiger partial charge in [0.2, 0.25) is 7.59 Å². The number of hydrogen-bond acceptors (Lipinski definition) is 4. The molecule has 0 saturated carbocycles. The van der Waals surface area contributed by atoms with Crippen LogP contribution in [0.3, 0.4) is 0 Å². The first-order valence-electron chi connectivity index (χ1n) is 5.79. The van der Waals surface area contributed by atoms with E-state index in [1.807, 2.05) is 6.92 Å². The molecule has 0 heterocycles. The zero-order chi connectivity index (χ0) is 17.8. The van der Waals surface area contributed by atoms with E-state index in [1.54, 1.807) is 0 Å². The number of halogens is 6. The third-order valence-corrected chi connectivity index (χ3v) is 2.32. The molecule has 0 amide bonds. The van der Waals surface area contributed by atoms with Crippen molar-refractivity contribution in [3.63, 3.8) is 0 Å². The summed E-state index contributed by atoms with van der Waals surface area (Å²) >= 11 is 31.6. The van der Waals surface area contributed by atoms with Crippen LogP contribution in [0.4, 0.5) is 0 Å². The quantitative estimate of drug-likeness (QED) is 0.224. The standard InChI is InChI=1S/C8H11Cl3O2.C4H3Cl3O2.Li.H2O/c1-2-3-6-13-7(12)4-5-8(9,10)11;5-4(6,7)2-1-3(8)9;;/h4-5H,2-3,6H2,1H3;1-2H,(H,8,9);;1H2/q;;+1;/p-1/b;2-1-;;. The maximum absolute atomic E-state index is 10.9. The van der Waals surface area contributed by atoms with E-state index < -0.39 is 19.5 Å². The number of carboxylic acid groups (broad SMARTS) is 1. The first-order valence-corrected chi connectivity index (χ1v) is 8.05. The molecule has 0 aromatic rings. The predicted octanol–water partition coefficient (Wildman–Crippen LogP) is 2.08. The van der Waals surface area contributed by atoms with Gasteiger partial charge < -0.3 is 15.3 Å². The van der Waals surface area contributed by atoms with Gasteiger partial charge in [-0.3, -0.25) is 0 Å². The van der Waals surface area contributed by atoms with Crippen molar-refractivity contribution in [2.75, 3.05) is 6.61 Å². The average molecular weight is 459 g/mol. The van der Waals surface area contributed by atoms with E-state index in [0.717, 1.165) is 37.1 Å². The molecule has 0 rings (SSSR count). The van der Waals surface area contributed by atoms with Gasteiger partial charge in [-0.1, -0.05) is 83.0 Å². The van der Waals surface area contributed by atoms with E-state index >= 15 is 0 Å². The minimum absolute atomic E-state index is 0. The van der Waals surface area contributed by atoms with E-state index in [2.05, 4.69) is 0 Å². The molecule has 0 aliphatic carbocycles. The monoisotopic (exact) mass is 456 g/mol. The van der Waals surface area contributed by atoms with Gasteiger partial charge >= 0.3 is 30.8 Å². The molecule has 2 N–H and O–H groups in total. The Morgan fingerprint density at radius 2 is 1.42 bits per heavy atom. The number of carbonyl (C=O) groups is 2. The van der Waals surface area contributed by atoms with Crippen molar-refractivity contribution in [1.82, 2.24) is 0 Å². The fourth-order valence-electron chi connectivity index (χ4n) is 0.694. The van der Waals surface area contributed by atoms with Crippen molar-refractivity contribution in [2.45, 2.75) is 27.4 Å². The van der Waals surface area contributed by atoms with Gasteiger partial charge in [0, 0.05) is 12.2 Å². The van der Waals surface area contributed by atoms with Crippen LogP contribution in [0.5, 0.6) is 0 Å². The SMILES string of the molecule is CCCCOC(=O)C=CC(Cl)(Cl)Cl.O=C(O)/C=C\C(Cl)(Cl)Cl.[Li+].[OH-]. The van der Waals surface area contributed by atoms with Gasteiger partial charge in [-0.25, -0.2) is 9.59 Å². The number of rotatable bonds is 5. The Morgan fingerprint density at radius 3 is 1.71 bits per heavy atom. The van der Waals surface area contributed by atoms with Crippen molar-refractivity contribution in [1.29, 1.82) is 0 Å². The Bertz CT molecular complexity index is 404. The third-order valence-electron chi connectivity index (χ3n) is 1.57. The van der Waals surface area contributed by atoms with Gasteiger partial charge in [0.1, 0.15) is 0 Å². The summed E-state index contributed by atoms with van der Waals surface area (Å²) in [4.78, 5) is 20.7. The minimum Gasteiger partial charge on any atom is -0.870 e. The molecule has 12 heteroatoms. The summed E-state index contributed by atoms with van der Waals surface area (Å²) in [5.41, 5.74) is 0. The number of carbonyl (C=O) groups excluding carboxylic acids is 1. The number of allylic oxidation sites excluding steroid dienone is 2. The van der Waals surface area contributed by atoms with Crippen LogP contribution in [0.1, 0.15) is 19.8 Å². The number of esters is 1. The third kappa shape index (κ3) is 34.1. The fraction of sp³-hybridized carbons (Fsp3) is 0.500. The van der Waals surface area contributed by atoms with Crippen LogP contribution in [0, 0.1) is 0 Å². The normalized spacial score (nSPS) is 11.1. The van der Waals surface area contributed by atoms with Gasteiger partial charge in [0.25, 0.3) is 0 Å². The van der Waals surface area contributed by atoms with Crippen LogP contribution in [0.25, 0.3) is 0 Å². The van der Waals surface area contributed by atoms with Crippen molar-refractivity contribution >= 4 is 81.5 Å². The summed E-state index contributed by atoms with van der Waals surface area (Å²) < 4.78 is 1.63. The molecule has 24 heavy (non-hydrogen) atoms. The largest absolute Gasteiger partial charge is 1.00 e. The topological polar surface area (TPSA) is 93.6 Å². The molecule has 5 nitrogen and oxygen atoms in total. The molecule has 0 aliphatic heterocycles. The van der Waals surface area contributed by atoms with Crippen LogP contribution in [-0.4, -0.2) is 36.7 Å². The molecular formula is C12H15Cl6LiO5. The second-order valence-electron chi connectivity index (χ2n) is 3.61. The second kappa shape index (κ2) is 17.1.